The van der Waals surface area contributed by atoms with Gasteiger partial charge in [-0.3, -0.25) is 9.11 Å². The van der Waals surface area contributed by atoms with Crippen molar-refractivity contribution in [2.45, 2.75) is 110 Å². The largest absolute Gasteiger partial charge is 0.397 e. The van der Waals surface area contributed by atoms with E-state index >= 15 is 0 Å². The minimum atomic E-state index is -4.67. The van der Waals surface area contributed by atoms with E-state index in [-0.39, 0.29) is 41.1 Å². The Balaban J connectivity index is 1.41. The van der Waals surface area contributed by atoms with Gasteiger partial charge in [-0.15, -0.1) is 0 Å². The Morgan fingerprint density at radius 3 is 2.13 bits per heavy atom. The van der Waals surface area contributed by atoms with Gasteiger partial charge in [0.2, 0.25) is 0 Å². The van der Waals surface area contributed by atoms with Gasteiger partial charge in [0.25, 0.3) is 0 Å². The molecule has 4 N–H and O–H groups in total. The molecular formula is C27H48O10S2. The molecule has 0 saturated heterocycles. The smallest absolute Gasteiger partial charge is 0.393 e. The minimum Gasteiger partial charge on any atom is -0.393 e. The number of hydrogen-bond donors (Lipinski definition) is 4. The van der Waals surface area contributed by atoms with Crippen molar-refractivity contribution in [1.29, 1.82) is 0 Å². The molecule has 4 rings (SSSR count). The molecule has 0 aromatic carbocycles. The summed E-state index contributed by atoms with van der Waals surface area (Å²) < 4.78 is 71.6. The van der Waals surface area contributed by atoms with Gasteiger partial charge in [0.1, 0.15) is 6.10 Å². The van der Waals surface area contributed by atoms with E-state index in [0.717, 1.165) is 44.9 Å². The van der Waals surface area contributed by atoms with Crippen molar-refractivity contribution < 1.29 is 44.5 Å². The van der Waals surface area contributed by atoms with Crippen LogP contribution in [0.25, 0.3) is 0 Å². The number of aliphatic hydroxyl groups is 2. The van der Waals surface area contributed by atoms with Crippen LogP contribution < -0.4 is 0 Å². The molecule has 0 aromatic heterocycles. The van der Waals surface area contributed by atoms with Crippen LogP contribution in [0.5, 0.6) is 0 Å². The molecule has 10 nitrogen and oxygen atoms in total. The fourth-order valence-electron chi connectivity index (χ4n) is 9.76. The molecule has 12 atom stereocenters. The second-order valence-corrected chi connectivity index (χ2v) is 15.9. The fraction of sp³-hybridized carbons (Fsp3) is 1.00. The standard InChI is InChI=1S/C27H48O10S2/c1-16(15-36-38(30,31)32)6-5-7-17(2)18-8-9-19-24-20(10-12-26(18,19)3)27(4)13-11-23(37-39(33,34)35)25(29)21(27)14-22(24)28/h16-25,28-29H,5-15H2,1-4H3,(H,30,31,32)(H,33,34,35)/t16-,17-,18-,19+,20+,21+,22-,23-,24+,25-,26-,27-/m1/s1. The van der Waals surface area contributed by atoms with Gasteiger partial charge >= 0.3 is 20.8 Å². The Morgan fingerprint density at radius 1 is 0.846 bits per heavy atom. The first-order chi connectivity index (χ1) is 18.0. The highest BCUT2D eigenvalue weighted by Crippen LogP contribution is 2.68. The Kier molecular flexibility index (Phi) is 9.23. The van der Waals surface area contributed by atoms with E-state index in [1.807, 2.05) is 6.92 Å². The summed E-state index contributed by atoms with van der Waals surface area (Å²) in [6.45, 7) is 8.80. The Morgan fingerprint density at radius 2 is 1.49 bits per heavy atom. The zero-order valence-corrected chi connectivity index (χ0v) is 25.2. The Labute approximate surface area is 234 Å². The predicted octanol–water partition coefficient (Wildman–Crippen LogP) is 4.04. The number of aliphatic hydroxyl groups excluding tert-OH is 2. The highest BCUT2D eigenvalue weighted by atomic mass is 32.3. The van der Waals surface area contributed by atoms with E-state index in [9.17, 15) is 31.6 Å². The molecule has 228 valence electrons. The molecule has 4 saturated carbocycles. The molecule has 0 unspecified atom stereocenters. The first kappa shape index (κ1) is 31.6. The molecule has 4 aliphatic carbocycles. The first-order valence-corrected chi connectivity index (χ1v) is 17.3. The molecule has 0 heterocycles. The molecule has 4 aliphatic rings. The zero-order chi connectivity index (χ0) is 29.0. The lowest BCUT2D eigenvalue weighted by molar-refractivity contribution is -0.204. The van der Waals surface area contributed by atoms with E-state index < -0.39 is 39.1 Å². The molecule has 0 aromatic rings. The van der Waals surface area contributed by atoms with Crippen LogP contribution in [0.4, 0.5) is 0 Å². The molecule has 0 aliphatic heterocycles. The third-order valence-electron chi connectivity index (χ3n) is 11.6. The lowest BCUT2D eigenvalue weighted by Crippen LogP contribution is -2.62. The highest BCUT2D eigenvalue weighted by molar-refractivity contribution is 7.81. The zero-order valence-electron chi connectivity index (χ0n) is 23.6. The molecule has 0 amide bonds. The Bertz CT molecular complexity index is 1080. The molecule has 12 heteroatoms. The molecular weight excluding hydrogens is 548 g/mol. The van der Waals surface area contributed by atoms with Crippen LogP contribution in [-0.2, 0) is 29.2 Å². The van der Waals surface area contributed by atoms with Gasteiger partial charge in [-0.05, 0) is 104 Å². The average molecular weight is 597 g/mol. The quantitative estimate of drug-likeness (QED) is 0.270. The van der Waals surface area contributed by atoms with Crippen LogP contribution in [0, 0.1) is 52.3 Å². The minimum absolute atomic E-state index is 0.0193. The van der Waals surface area contributed by atoms with Crippen LogP contribution in [0.2, 0.25) is 0 Å². The third-order valence-corrected chi connectivity index (χ3v) is 12.5. The third kappa shape index (κ3) is 6.53. The lowest BCUT2D eigenvalue weighted by Gasteiger charge is -2.63. The summed E-state index contributed by atoms with van der Waals surface area (Å²) in [5.74, 6) is 1.54. The van der Waals surface area contributed by atoms with Gasteiger partial charge in [0, 0.05) is 0 Å². The molecule has 39 heavy (non-hydrogen) atoms. The van der Waals surface area contributed by atoms with Gasteiger partial charge in [-0.1, -0.05) is 40.5 Å². The number of fused-ring (bicyclic) bond motifs is 5. The van der Waals surface area contributed by atoms with Gasteiger partial charge in [0.15, 0.2) is 0 Å². The molecule has 0 radical (unpaired) electrons. The Hall–Kier alpha value is -0.340. The maximum Gasteiger partial charge on any atom is 0.397 e. The van der Waals surface area contributed by atoms with E-state index in [2.05, 4.69) is 25.0 Å². The normalized spacial score (nSPS) is 44.2. The van der Waals surface area contributed by atoms with E-state index in [4.69, 9.17) is 8.74 Å². The summed E-state index contributed by atoms with van der Waals surface area (Å²) in [5, 5.41) is 22.6. The summed E-state index contributed by atoms with van der Waals surface area (Å²) in [4.78, 5) is 0. The van der Waals surface area contributed by atoms with E-state index in [1.54, 1.807) is 0 Å². The second-order valence-electron chi connectivity index (χ2n) is 13.8. The van der Waals surface area contributed by atoms with E-state index in [0.29, 0.717) is 37.0 Å². The summed E-state index contributed by atoms with van der Waals surface area (Å²) in [5.41, 5.74) is -0.109. The second kappa shape index (κ2) is 11.4. The predicted molar refractivity (Wildman–Crippen MR) is 144 cm³/mol. The maximum absolute atomic E-state index is 11.5. The van der Waals surface area contributed by atoms with Gasteiger partial charge in [-0.25, -0.2) is 8.37 Å². The summed E-state index contributed by atoms with van der Waals surface area (Å²) in [6, 6.07) is 0. The number of hydrogen-bond acceptors (Lipinski definition) is 8. The average Bonchev–Trinajstić information content (AvgIpc) is 3.17. The van der Waals surface area contributed by atoms with Crippen LogP contribution in [0.15, 0.2) is 0 Å². The highest BCUT2D eigenvalue weighted by Gasteiger charge is 2.64. The number of rotatable bonds is 10. The first-order valence-electron chi connectivity index (χ1n) is 14.6. The van der Waals surface area contributed by atoms with Crippen molar-refractivity contribution in [2.24, 2.45) is 52.3 Å². The summed E-state index contributed by atoms with van der Waals surface area (Å²) >= 11 is 0. The van der Waals surface area contributed by atoms with Gasteiger partial charge < -0.3 is 10.2 Å². The van der Waals surface area contributed by atoms with Crippen molar-refractivity contribution in [2.75, 3.05) is 6.61 Å². The van der Waals surface area contributed by atoms with Crippen molar-refractivity contribution in [1.82, 2.24) is 0 Å². The topological polar surface area (TPSA) is 168 Å². The molecule has 0 spiro atoms. The van der Waals surface area contributed by atoms with Crippen molar-refractivity contribution in [3.63, 3.8) is 0 Å². The van der Waals surface area contributed by atoms with Crippen molar-refractivity contribution in [3.8, 4) is 0 Å². The van der Waals surface area contributed by atoms with Crippen LogP contribution in [0.3, 0.4) is 0 Å². The van der Waals surface area contributed by atoms with Gasteiger partial charge in [0.05, 0.1) is 18.8 Å². The molecule has 0 bridgehead atoms. The SMILES string of the molecule is C[C@H](CCC[C@@H](C)[C@H]1CC[C@H]2[C@@H]3[C@H](O)C[C@H]4[C@@H](O)[C@H](OS(=O)(=O)O)CC[C@]4(C)[C@H]3CC[C@]12C)COS(=O)(=O)O. The van der Waals surface area contributed by atoms with Gasteiger partial charge in [-0.2, -0.15) is 16.8 Å². The van der Waals surface area contributed by atoms with Crippen molar-refractivity contribution in [3.05, 3.63) is 0 Å². The summed E-state index contributed by atoms with van der Waals surface area (Å²) in [6.07, 6.45) is 5.82. The lowest BCUT2D eigenvalue weighted by atomic mass is 9.43. The van der Waals surface area contributed by atoms with Crippen LogP contribution in [0.1, 0.15) is 91.9 Å². The van der Waals surface area contributed by atoms with E-state index in [1.165, 1.54) is 0 Å². The van der Waals surface area contributed by atoms with Crippen molar-refractivity contribution >= 4 is 20.8 Å². The maximum atomic E-state index is 11.5. The van der Waals surface area contributed by atoms with Crippen LogP contribution in [-0.4, -0.2) is 61.1 Å². The fourth-order valence-corrected chi connectivity index (χ4v) is 10.7. The van der Waals surface area contributed by atoms with Crippen LogP contribution >= 0.6 is 0 Å². The summed E-state index contributed by atoms with van der Waals surface area (Å²) in [7, 11) is -9.08. The monoisotopic (exact) mass is 596 g/mol. The molecule has 4 fully saturated rings.